The van der Waals surface area contributed by atoms with E-state index in [4.69, 9.17) is 14.2 Å². The van der Waals surface area contributed by atoms with Crippen LogP contribution in [0.1, 0.15) is 34.6 Å². The maximum atomic E-state index is 12.5. The molecule has 33 heavy (non-hydrogen) atoms. The minimum Gasteiger partial charge on any atom is -0.484 e. The fourth-order valence-corrected chi connectivity index (χ4v) is 3.88. The summed E-state index contributed by atoms with van der Waals surface area (Å²) in [7, 11) is 0. The van der Waals surface area contributed by atoms with Gasteiger partial charge in [-0.3, -0.25) is 9.59 Å². The van der Waals surface area contributed by atoms with Gasteiger partial charge in [0.05, 0.1) is 11.3 Å². The maximum absolute atomic E-state index is 12.5. The fraction of sp³-hybridized carbons (Fsp3) is 0.208. The van der Waals surface area contributed by atoms with Crippen molar-refractivity contribution in [2.24, 2.45) is 5.10 Å². The molecular formula is C24H23N3O5S. The third-order valence-corrected chi connectivity index (χ3v) is 5.95. The molecule has 1 aromatic heterocycles. The summed E-state index contributed by atoms with van der Waals surface area (Å²) < 4.78 is 16.0. The Kier molecular flexibility index (Phi) is 6.89. The Morgan fingerprint density at radius 1 is 1.09 bits per heavy atom. The second kappa shape index (κ2) is 10.2. The molecule has 0 aliphatic carbocycles. The molecule has 0 unspecified atom stereocenters. The Balaban J connectivity index is 1.31. The van der Waals surface area contributed by atoms with Gasteiger partial charge < -0.3 is 19.5 Å². The Labute approximate surface area is 195 Å². The Hall–Kier alpha value is -3.85. The molecule has 1 aliphatic heterocycles. The zero-order valence-corrected chi connectivity index (χ0v) is 19.0. The third kappa shape index (κ3) is 5.69. The maximum Gasteiger partial charge on any atom is 0.277 e. The molecule has 0 fully saturated rings. The van der Waals surface area contributed by atoms with E-state index in [0.29, 0.717) is 34.2 Å². The SMILES string of the molecule is CCc1cc(C(=O)Nc2cccc(/C(C)=N/NC(=O)COc3ccc4c(c3)OCO4)c2)cs1. The van der Waals surface area contributed by atoms with E-state index in [1.807, 2.05) is 23.6 Å². The molecule has 9 heteroatoms. The lowest BCUT2D eigenvalue weighted by atomic mass is 10.1. The molecule has 0 saturated carbocycles. The number of hydrazone groups is 1. The summed E-state index contributed by atoms with van der Waals surface area (Å²) in [6.07, 6.45) is 0.899. The molecular weight excluding hydrogens is 442 g/mol. The number of aryl methyl sites for hydroxylation is 1. The number of rotatable bonds is 8. The molecule has 4 rings (SSSR count). The molecule has 0 saturated heterocycles. The molecule has 2 N–H and O–H groups in total. The van der Waals surface area contributed by atoms with Crippen LogP contribution in [-0.2, 0) is 11.2 Å². The van der Waals surface area contributed by atoms with Gasteiger partial charge in [-0.25, -0.2) is 5.43 Å². The van der Waals surface area contributed by atoms with Gasteiger partial charge in [0.15, 0.2) is 18.1 Å². The van der Waals surface area contributed by atoms with E-state index in [-0.39, 0.29) is 19.3 Å². The van der Waals surface area contributed by atoms with Crippen LogP contribution < -0.4 is 25.0 Å². The van der Waals surface area contributed by atoms with Crippen molar-refractivity contribution in [1.82, 2.24) is 5.43 Å². The van der Waals surface area contributed by atoms with Crippen LogP contribution in [0.4, 0.5) is 5.69 Å². The van der Waals surface area contributed by atoms with Crippen molar-refractivity contribution in [3.63, 3.8) is 0 Å². The lowest BCUT2D eigenvalue weighted by Gasteiger charge is -2.08. The highest BCUT2D eigenvalue weighted by atomic mass is 32.1. The van der Waals surface area contributed by atoms with Crippen LogP contribution in [0.2, 0.25) is 0 Å². The van der Waals surface area contributed by atoms with E-state index in [1.54, 1.807) is 48.6 Å². The fourth-order valence-electron chi connectivity index (χ4n) is 3.07. The van der Waals surface area contributed by atoms with Crippen molar-refractivity contribution in [3.05, 3.63) is 69.9 Å². The summed E-state index contributed by atoms with van der Waals surface area (Å²) in [5, 5.41) is 8.89. The van der Waals surface area contributed by atoms with E-state index in [1.165, 1.54) is 0 Å². The number of carbonyl (C=O) groups excluding carboxylic acids is 2. The highest BCUT2D eigenvalue weighted by Gasteiger charge is 2.14. The number of amides is 2. The molecule has 0 bridgehead atoms. The quantitative estimate of drug-likeness (QED) is 0.384. The number of thiophene rings is 1. The molecule has 170 valence electrons. The first-order chi connectivity index (χ1) is 16.0. The topological polar surface area (TPSA) is 98.3 Å². The standard InChI is InChI=1S/C24H23N3O5S/c1-3-20-10-17(13-33-20)24(29)25-18-6-4-5-16(9-18)15(2)26-27-23(28)12-30-19-7-8-21-22(11-19)32-14-31-21/h4-11,13H,3,12,14H2,1-2H3,(H,25,29)(H,27,28)/b26-15+. The first-order valence-corrected chi connectivity index (χ1v) is 11.2. The Morgan fingerprint density at radius 3 is 2.76 bits per heavy atom. The van der Waals surface area contributed by atoms with Gasteiger partial charge in [0, 0.05) is 22.0 Å². The van der Waals surface area contributed by atoms with Crippen LogP contribution >= 0.6 is 11.3 Å². The predicted octanol–water partition coefficient (Wildman–Crippen LogP) is 4.21. The summed E-state index contributed by atoms with van der Waals surface area (Å²) in [5.74, 6) is 1.16. The summed E-state index contributed by atoms with van der Waals surface area (Å²) >= 11 is 1.57. The van der Waals surface area contributed by atoms with Crippen LogP contribution in [0.3, 0.4) is 0 Å². The average molecular weight is 466 g/mol. The third-order valence-electron chi connectivity index (χ3n) is 4.86. The van der Waals surface area contributed by atoms with Crippen molar-refractivity contribution in [2.45, 2.75) is 20.3 Å². The van der Waals surface area contributed by atoms with Crippen LogP contribution in [0.5, 0.6) is 17.2 Å². The minimum atomic E-state index is -0.402. The number of nitrogens with one attached hydrogen (secondary N) is 2. The molecule has 3 aromatic rings. The van der Waals surface area contributed by atoms with Gasteiger partial charge in [0.2, 0.25) is 6.79 Å². The van der Waals surface area contributed by atoms with Crippen LogP contribution in [-0.4, -0.2) is 30.9 Å². The highest BCUT2D eigenvalue weighted by molar-refractivity contribution is 7.10. The monoisotopic (exact) mass is 465 g/mol. The van der Waals surface area contributed by atoms with Gasteiger partial charge >= 0.3 is 0 Å². The van der Waals surface area contributed by atoms with Crippen LogP contribution in [0.25, 0.3) is 0 Å². The summed E-state index contributed by atoms with van der Waals surface area (Å²) in [4.78, 5) is 25.8. The number of hydrogen-bond acceptors (Lipinski definition) is 7. The van der Waals surface area contributed by atoms with Gasteiger partial charge in [-0.05, 0) is 49.2 Å². The van der Waals surface area contributed by atoms with Gasteiger partial charge in [-0.2, -0.15) is 5.10 Å². The summed E-state index contributed by atoms with van der Waals surface area (Å²) in [6.45, 7) is 3.80. The molecule has 0 atom stereocenters. The Bertz CT molecular complexity index is 1200. The zero-order valence-electron chi connectivity index (χ0n) is 18.2. The van der Waals surface area contributed by atoms with Gasteiger partial charge in [0.1, 0.15) is 5.75 Å². The van der Waals surface area contributed by atoms with Crippen molar-refractivity contribution >= 4 is 34.6 Å². The van der Waals surface area contributed by atoms with E-state index in [9.17, 15) is 9.59 Å². The first-order valence-electron chi connectivity index (χ1n) is 10.4. The van der Waals surface area contributed by atoms with Crippen molar-refractivity contribution in [1.29, 1.82) is 0 Å². The van der Waals surface area contributed by atoms with Gasteiger partial charge in [-0.1, -0.05) is 19.1 Å². The number of anilines is 1. The summed E-state index contributed by atoms with van der Waals surface area (Å²) in [5.41, 5.74) is 5.13. The average Bonchev–Trinajstić information content (AvgIpc) is 3.50. The zero-order chi connectivity index (χ0) is 23.2. The normalized spacial score (nSPS) is 12.4. The Morgan fingerprint density at radius 2 is 1.94 bits per heavy atom. The smallest absolute Gasteiger partial charge is 0.277 e. The molecule has 1 aliphatic rings. The second-order valence-electron chi connectivity index (χ2n) is 7.23. The van der Waals surface area contributed by atoms with Crippen LogP contribution in [0.15, 0.2) is 59.0 Å². The first kappa shape index (κ1) is 22.3. The van der Waals surface area contributed by atoms with Crippen LogP contribution in [0, 0.1) is 0 Å². The lowest BCUT2D eigenvalue weighted by molar-refractivity contribution is -0.123. The molecule has 0 spiro atoms. The highest BCUT2D eigenvalue weighted by Crippen LogP contribution is 2.35. The lowest BCUT2D eigenvalue weighted by Crippen LogP contribution is -2.25. The summed E-state index contributed by atoms with van der Waals surface area (Å²) in [6, 6.07) is 14.3. The number of ether oxygens (including phenoxy) is 3. The predicted molar refractivity (Wildman–Crippen MR) is 127 cm³/mol. The van der Waals surface area contributed by atoms with Crippen molar-refractivity contribution < 1.29 is 23.8 Å². The molecule has 2 amide bonds. The van der Waals surface area contributed by atoms with E-state index >= 15 is 0 Å². The minimum absolute atomic E-state index is 0.160. The molecule has 0 radical (unpaired) electrons. The molecule has 8 nitrogen and oxygen atoms in total. The van der Waals surface area contributed by atoms with Crippen molar-refractivity contribution in [2.75, 3.05) is 18.7 Å². The molecule has 2 aromatic carbocycles. The number of hydrogen-bond donors (Lipinski definition) is 2. The van der Waals surface area contributed by atoms with Gasteiger partial charge in [0.25, 0.3) is 11.8 Å². The van der Waals surface area contributed by atoms with E-state index < -0.39 is 5.91 Å². The largest absolute Gasteiger partial charge is 0.484 e. The number of carbonyl (C=O) groups is 2. The van der Waals surface area contributed by atoms with Crippen molar-refractivity contribution in [3.8, 4) is 17.2 Å². The van der Waals surface area contributed by atoms with Gasteiger partial charge in [-0.15, -0.1) is 11.3 Å². The van der Waals surface area contributed by atoms with E-state index in [0.717, 1.165) is 16.9 Å². The number of nitrogens with zero attached hydrogens (tertiary/aromatic N) is 1. The van der Waals surface area contributed by atoms with E-state index in [2.05, 4.69) is 22.8 Å². The second-order valence-corrected chi connectivity index (χ2v) is 8.22. The number of fused-ring (bicyclic) bond motifs is 1. The number of benzene rings is 2. The molecule has 2 heterocycles.